The third-order valence-electron chi connectivity index (χ3n) is 6.93. The van der Waals surface area contributed by atoms with Gasteiger partial charge in [-0.15, -0.1) is 0 Å². The Balaban J connectivity index is 1.16. The third kappa shape index (κ3) is 4.89. The van der Waals surface area contributed by atoms with E-state index in [1.54, 1.807) is 0 Å². The average Bonchev–Trinajstić information content (AvgIpc) is 3.47. The number of nitrogens with one attached hydrogen (secondary N) is 4. The minimum atomic E-state index is -0.123. The Morgan fingerprint density at radius 3 is 2.72 bits per heavy atom. The van der Waals surface area contributed by atoms with Crippen LogP contribution in [0.3, 0.4) is 0 Å². The number of H-pyrrole nitrogens is 1. The number of carbonyl (C=O) groups excluding carboxylic acids is 1. The SMILES string of the molecule is Cn1c(Cc2nc3cc(NC(=N)N)ccc3[nH]2)nc2ccc(C(=O)NCCc3cccc4ccccc34)cc21. The van der Waals surface area contributed by atoms with Crippen LogP contribution in [-0.2, 0) is 19.9 Å². The predicted octanol–water partition coefficient (Wildman–Crippen LogP) is 4.47. The fraction of sp³-hybridized carbons (Fsp3) is 0.133. The largest absolute Gasteiger partial charge is 0.370 e. The quantitative estimate of drug-likeness (QED) is 0.157. The van der Waals surface area contributed by atoms with Gasteiger partial charge >= 0.3 is 0 Å². The van der Waals surface area contributed by atoms with Crippen molar-refractivity contribution in [1.82, 2.24) is 24.8 Å². The van der Waals surface area contributed by atoms with Crippen LogP contribution in [0.4, 0.5) is 5.69 Å². The van der Waals surface area contributed by atoms with Gasteiger partial charge in [0.2, 0.25) is 0 Å². The van der Waals surface area contributed by atoms with Gasteiger partial charge in [0.05, 0.1) is 28.5 Å². The van der Waals surface area contributed by atoms with Gasteiger partial charge in [-0.3, -0.25) is 10.2 Å². The number of fused-ring (bicyclic) bond motifs is 3. The van der Waals surface area contributed by atoms with E-state index < -0.39 is 0 Å². The number of hydrogen-bond acceptors (Lipinski definition) is 4. The minimum absolute atomic E-state index is 0.104. The molecule has 1 amide bonds. The van der Waals surface area contributed by atoms with Crippen molar-refractivity contribution < 1.29 is 4.79 Å². The van der Waals surface area contributed by atoms with Gasteiger partial charge in [-0.2, -0.15) is 0 Å². The second kappa shape index (κ2) is 9.94. The fourth-order valence-electron chi connectivity index (χ4n) is 4.99. The van der Waals surface area contributed by atoms with Crippen LogP contribution in [0.15, 0.2) is 78.9 Å². The number of benzene rings is 4. The fourth-order valence-corrected chi connectivity index (χ4v) is 4.99. The summed E-state index contributed by atoms with van der Waals surface area (Å²) in [5.41, 5.74) is 11.3. The summed E-state index contributed by atoms with van der Waals surface area (Å²) >= 11 is 0. The Kier molecular flexibility index (Phi) is 6.16. The van der Waals surface area contributed by atoms with Gasteiger partial charge in [0, 0.05) is 24.8 Å². The van der Waals surface area contributed by atoms with Crippen LogP contribution in [0.1, 0.15) is 27.6 Å². The molecule has 0 aliphatic carbocycles. The molecule has 0 aliphatic heterocycles. The Hall–Kier alpha value is -5.18. The maximum absolute atomic E-state index is 13.0. The summed E-state index contributed by atoms with van der Waals surface area (Å²) < 4.78 is 2.00. The molecule has 0 saturated heterocycles. The van der Waals surface area contributed by atoms with Gasteiger partial charge in [-0.1, -0.05) is 42.5 Å². The number of imidazole rings is 2. The zero-order valence-electron chi connectivity index (χ0n) is 21.5. The van der Waals surface area contributed by atoms with Gasteiger partial charge in [-0.05, 0) is 59.2 Å². The maximum atomic E-state index is 13.0. The molecule has 194 valence electrons. The number of amides is 1. The number of aromatic amines is 1. The van der Waals surface area contributed by atoms with Crippen LogP contribution in [0.5, 0.6) is 0 Å². The maximum Gasteiger partial charge on any atom is 0.251 e. The number of nitrogens with zero attached hydrogens (tertiary/aromatic N) is 3. The molecule has 0 unspecified atom stereocenters. The Labute approximate surface area is 224 Å². The topological polar surface area (TPSA) is 138 Å². The molecular weight excluding hydrogens is 488 g/mol. The molecule has 0 fully saturated rings. The molecule has 6 rings (SSSR count). The van der Waals surface area contributed by atoms with Crippen molar-refractivity contribution in [2.45, 2.75) is 12.8 Å². The van der Waals surface area contributed by atoms with Crippen LogP contribution in [0, 0.1) is 5.41 Å². The van der Waals surface area contributed by atoms with E-state index in [4.69, 9.17) is 16.1 Å². The lowest BCUT2D eigenvalue weighted by atomic mass is 10.0. The van der Waals surface area contributed by atoms with E-state index in [0.29, 0.717) is 24.2 Å². The Morgan fingerprint density at radius 2 is 1.85 bits per heavy atom. The lowest BCUT2D eigenvalue weighted by Gasteiger charge is -2.08. The van der Waals surface area contributed by atoms with E-state index in [0.717, 1.165) is 40.1 Å². The van der Waals surface area contributed by atoms with Crippen molar-refractivity contribution in [3.63, 3.8) is 0 Å². The van der Waals surface area contributed by atoms with Crippen molar-refractivity contribution in [2.75, 3.05) is 11.9 Å². The standard InChI is InChI=1S/C30H28N8O/c1-38-26-15-20(29(39)33-14-13-19-7-4-6-18-5-2-3-8-22(18)19)9-11-24(26)37-28(38)17-27-35-23-12-10-21(34-30(31)32)16-25(23)36-27/h2-12,15-16H,13-14,17H2,1H3,(H,33,39)(H,35,36)(H4,31,32,34). The highest BCUT2D eigenvalue weighted by Crippen LogP contribution is 2.22. The molecule has 9 heteroatoms. The van der Waals surface area contributed by atoms with E-state index in [9.17, 15) is 4.79 Å². The number of carbonyl (C=O) groups is 1. The van der Waals surface area contributed by atoms with Gasteiger partial charge < -0.3 is 25.9 Å². The summed E-state index contributed by atoms with van der Waals surface area (Å²) in [6.07, 6.45) is 1.26. The van der Waals surface area contributed by atoms with Gasteiger partial charge in [0.15, 0.2) is 5.96 Å². The summed E-state index contributed by atoms with van der Waals surface area (Å²) in [5.74, 6) is 1.38. The zero-order chi connectivity index (χ0) is 26.9. The second-order valence-electron chi connectivity index (χ2n) is 9.57. The van der Waals surface area contributed by atoms with Crippen molar-refractivity contribution in [3.05, 3.63) is 102 Å². The summed E-state index contributed by atoms with van der Waals surface area (Å²) in [5, 5.41) is 15.7. The van der Waals surface area contributed by atoms with E-state index in [2.05, 4.69) is 50.9 Å². The smallest absolute Gasteiger partial charge is 0.251 e. The normalized spacial score (nSPS) is 11.3. The Bertz CT molecular complexity index is 1860. The summed E-state index contributed by atoms with van der Waals surface area (Å²) in [7, 11) is 1.95. The highest BCUT2D eigenvalue weighted by Gasteiger charge is 2.14. The van der Waals surface area contributed by atoms with Crippen LogP contribution < -0.4 is 16.4 Å². The van der Waals surface area contributed by atoms with Gasteiger partial charge in [-0.25, -0.2) is 9.97 Å². The molecule has 2 heterocycles. The number of aryl methyl sites for hydroxylation is 1. The van der Waals surface area contributed by atoms with Crippen molar-refractivity contribution >= 4 is 50.4 Å². The number of guanidine groups is 1. The van der Waals surface area contributed by atoms with Gasteiger partial charge in [0.25, 0.3) is 5.91 Å². The van der Waals surface area contributed by atoms with E-state index in [1.165, 1.54) is 16.3 Å². The third-order valence-corrected chi connectivity index (χ3v) is 6.93. The average molecular weight is 517 g/mol. The zero-order valence-corrected chi connectivity index (χ0v) is 21.5. The molecule has 0 spiro atoms. The molecule has 9 nitrogen and oxygen atoms in total. The number of nitrogens with two attached hydrogens (primary N) is 1. The highest BCUT2D eigenvalue weighted by atomic mass is 16.1. The summed E-state index contributed by atoms with van der Waals surface area (Å²) in [6, 6.07) is 25.8. The van der Waals surface area contributed by atoms with Crippen LogP contribution in [0.25, 0.3) is 32.8 Å². The van der Waals surface area contributed by atoms with Crippen molar-refractivity contribution in [2.24, 2.45) is 12.8 Å². The predicted molar refractivity (Wildman–Crippen MR) is 155 cm³/mol. The minimum Gasteiger partial charge on any atom is -0.370 e. The number of aromatic nitrogens is 4. The number of hydrogen-bond donors (Lipinski definition) is 5. The molecule has 39 heavy (non-hydrogen) atoms. The first-order chi connectivity index (χ1) is 18.9. The number of rotatable bonds is 7. The lowest BCUT2D eigenvalue weighted by Crippen LogP contribution is -2.25. The molecule has 4 aromatic carbocycles. The first-order valence-corrected chi connectivity index (χ1v) is 12.7. The Morgan fingerprint density at radius 1 is 1.00 bits per heavy atom. The van der Waals surface area contributed by atoms with E-state index >= 15 is 0 Å². The first kappa shape index (κ1) is 24.2. The second-order valence-corrected chi connectivity index (χ2v) is 9.57. The molecule has 0 atom stereocenters. The monoisotopic (exact) mass is 516 g/mol. The summed E-state index contributed by atoms with van der Waals surface area (Å²) in [4.78, 5) is 25.8. The molecule has 0 saturated carbocycles. The molecule has 0 radical (unpaired) electrons. The number of anilines is 1. The van der Waals surface area contributed by atoms with Gasteiger partial charge in [0.1, 0.15) is 11.6 Å². The first-order valence-electron chi connectivity index (χ1n) is 12.7. The van der Waals surface area contributed by atoms with E-state index in [1.807, 2.05) is 60.1 Å². The lowest BCUT2D eigenvalue weighted by molar-refractivity contribution is 0.0954. The van der Waals surface area contributed by atoms with Crippen molar-refractivity contribution in [1.29, 1.82) is 5.41 Å². The highest BCUT2D eigenvalue weighted by molar-refractivity contribution is 5.97. The van der Waals surface area contributed by atoms with E-state index in [-0.39, 0.29) is 11.9 Å². The summed E-state index contributed by atoms with van der Waals surface area (Å²) in [6.45, 7) is 0.553. The molecule has 6 aromatic rings. The van der Waals surface area contributed by atoms with Crippen molar-refractivity contribution in [3.8, 4) is 0 Å². The molecular formula is C30H28N8O. The van der Waals surface area contributed by atoms with Crippen LogP contribution in [0.2, 0.25) is 0 Å². The molecule has 6 N–H and O–H groups in total. The molecule has 0 aliphatic rings. The van der Waals surface area contributed by atoms with Crippen LogP contribution >= 0.6 is 0 Å². The molecule has 2 aromatic heterocycles. The van der Waals surface area contributed by atoms with Crippen LogP contribution in [-0.4, -0.2) is 37.9 Å². The molecule has 0 bridgehead atoms.